The highest BCUT2D eigenvalue weighted by Gasteiger charge is 2.06. The van der Waals surface area contributed by atoms with Crippen LogP contribution in [0.3, 0.4) is 0 Å². The molecule has 7 nitrogen and oxygen atoms in total. The number of H-pyrrole nitrogens is 1. The molecular formula is C18H19N3O4. The van der Waals surface area contributed by atoms with E-state index in [1.165, 1.54) is 12.1 Å². The number of benzene rings is 1. The summed E-state index contributed by atoms with van der Waals surface area (Å²) in [6.45, 7) is 4.61. The lowest BCUT2D eigenvalue weighted by Gasteiger charge is -2.15. The molecule has 0 saturated carbocycles. The summed E-state index contributed by atoms with van der Waals surface area (Å²) in [4.78, 5) is 29.6. The molecule has 0 saturated heterocycles. The van der Waals surface area contributed by atoms with Crippen molar-refractivity contribution in [3.63, 3.8) is 0 Å². The van der Waals surface area contributed by atoms with Gasteiger partial charge in [-0.15, -0.1) is 0 Å². The van der Waals surface area contributed by atoms with Crippen molar-refractivity contribution in [3.8, 4) is 5.75 Å². The monoisotopic (exact) mass is 341 g/mol. The molecule has 0 aliphatic heterocycles. The van der Waals surface area contributed by atoms with Crippen molar-refractivity contribution in [1.82, 2.24) is 15.3 Å². The van der Waals surface area contributed by atoms with E-state index in [9.17, 15) is 9.59 Å². The molecule has 25 heavy (non-hydrogen) atoms. The lowest BCUT2D eigenvalue weighted by molar-refractivity contribution is 0.272. The lowest BCUT2D eigenvalue weighted by Crippen LogP contribution is -2.32. The number of hydrogen-bond acceptors (Lipinski definition) is 6. The Morgan fingerprint density at radius 2 is 2.04 bits per heavy atom. The van der Waals surface area contributed by atoms with E-state index in [-0.39, 0.29) is 17.2 Å². The van der Waals surface area contributed by atoms with Crippen molar-refractivity contribution in [2.24, 2.45) is 0 Å². The molecule has 0 amide bonds. The molecule has 0 fully saturated rings. The van der Waals surface area contributed by atoms with E-state index in [0.717, 1.165) is 5.39 Å². The van der Waals surface area contributed by atoms with Gasteiger partial charge in [0, 0.05) is 36.2 Å². The Bertz CT molecular complexity index is 993. The fourth-order valence-electron chi connectivity index (χ4n) is 2.42. The number of aromatic amines is 1. The fraction of sp³-hybridized carbons (Fsp3) is 0.278. The van der Waals surface area contributed by atoms with Gasteiger partial charge in [0.1, 0.15) is 23.8 Å². The Morgan fingerprint density at radius 1 is 1.24 bits per heavy atom. The van der Waals surface area contributed by atoms with E-state index >= 15 is 0 Å². The van der Waals surface area contributed by atoms with Crippen LogP contribution in [0.2, 0.25) is 0 Å². The first-order chi connectivity index (χ1) is 12.0. The first kappa shape index (κ1) is 16.9. The summed E-state index contributed by atoms with van der Waals surface area (Å²) in [5, 5.41) is 4.10. The van der Waals surface area contributed by atoms with E-state index in [2.05, 4.69) is 15.3 Å². The molecule has 2 N–H and O–H groups in total. The van der Waals surface area contributed by atoms with Gasteiger partial charge in [-0.3, -0.25) is 4.79 Å². The normalized spacial score (nSPS) is 12.2. The maximum Gasteiger partial charge on any atom is 0.336 e. The molecule has 130 valence electrons. The summed E-state index contributed by atoms with van der Waals surface area (Å²) in [6.07, 6.45) is 0. The van der Waals surface area contributed by atoms with Gasteiger partial charge in [0.15, 0.2) is 0 Å². The Hall–Kier alpha value is -2.93. The number of aromatic nitrogens is 2. The number of nitrogens with one attached hydrogen (secondary N) is 2. The van der Waals surface area contributed by atoms with Crippen molar-refractivity contribution in [2.45, 2.75) is 26.4 Å². The predicted octanol–water partition coefficient (Wildman–Crippen LogP) is 1.74. The molecule has 2 aromatic heterocycles. The summed E-state index contributed by atoms with van der Waals surface area (Å²) in [5.41, 5.74) is 0.626. The standard InChI is InChI=1S/C18H19N3O4/c1-11(19-9-14-7-17(22)21-12(2)20-14)10-24-15-5-3-13-4-6-18(23)25-16(13)8-15/h3-8,11,19H,9-10H2,1-2H3,(H,20,21,22). The minimum Gasteiger partial charge on any atom is -0.492 e. The summed E-state index contributed by atoms with van der Waals surface area (Å²) in [5.74, 6) is 1.21. The van der Waals surface area contributed by atoms with Gasteiger partial charge < -0.3 is 19.5 Å². The highest BCUT2D eigenvalue weighted by atomic mass is 16.5. The van der Waals surface area contributed by atoms with Crippen LogP contribution in [0.1, 0.15) is 18.4 Å². The topological polar surface area (TPSA) is 97.2 Å². The van der Waals surface area contributed by atoms with Gasteiger partial charge in [0.25, 0.3) is 5.56 Å². The quantitative estimate of drug-likeness (QED) is 0.663. The van der Waals surface area contributed by atoms with Crippen molar-refractivity contribution >= 4 is 11.0 Å². The zero-order valence-corrected chi connectivity index (χ0v) is 14.0. The van der Waals surface area contributed by atoms with Crippen molar-refractivity contribution in [3.05, 3.63) is 68.7 Å². The first-order valence-corrected chi connectivity index (χ1v) is 7.96. The summed E-state index contributed by atoms with van der Waals surface area (Å²) < 4.78 is 10.9. The Kier molecular flexibility index (Phi) is 4.95. The van der Waals surface area contributed by atoms with Gasteiger partial charge in [0.2, 0.25) is 0 Å². The van der Waals surface area contributed by atoms with Crippen molar-refractivity contribution in [1.29, 1.82) is 0 Å². The van der Waals surface area contributed by atoms with Gasteiger partial charge >= 0.3 is 5.63 Å². The van der Waals surface area contributed by atoms with Crippen LogP contribution in [-0.4, -0.2) is 22.6 Å². The number of rotatable bonds is 6. The Morgan fingerprint density at radius 3 is 2.84 bits per heavy atom. The summed E-state index contributed by atoms with van der Waals surface area (Å²) >= 11 is 0. The maximum atomic E-state index is 11.4. The Balaban J connectivity index is 1.57. The highest BCUT2D eigenvalue weighted by molar-refractivity contribution is 5.77. The third-order valence-corrected chi connectivity index (χ3v) is 3.64. The van der Waals surface area contributed by atoms with E-state index in [0.29, 0.717) is 36.0 Å². The third kappa shape index (κ3) is 4.54. The molecule has 0 radical (unpaired) electrons. The van der Waals surface area contributed by atoms with Gasteiger partial charge in [-0.1, -0.05) is 0 Å². The molecule has 3 aromatic rings. The number of nitrogens with zero attached hydrogens (tertiary/aromatic N) is 1. The fourth-order valence-corrected chi connectivity index (χ4v) is 2.42. The van der Waals surface area contributed by atoms with Crippen molar-refractivity contribution in [2.75, 3.05) is 6.61 Å². The molecule has 0 aliphatic rings. The first-order valence-electron chi connectivity index (χ1n) is 7.96. The van der Waals surface area contributed by atoms with Crippen LogP contribution in [0.15, 0.2) is 50.4 Å². The number of ether oxygens (including phenoxy) is 1. The SMILES string of the molecule is Cc1nc(CNC(C)COc2ccc3ccc(=O)oc3c2)cc(=O)[nH]1. The second-order valence-electron chi connectivity index (χ2n) is 5.87. The third-order valence-electron chi connectivity index (χ3n) is 3.64. The summed E-state index contributed by atoms with van der Waals surface area (Å²) in [6, 6.07) is 9.99. The van der Waals surface area contributed by atoms with E-state index in [1.54, 1.807) is 19.1 Å². The van der Waals surface area contributed by atoms with E-state index in [4.69, 9.17) is 9.15 Å². The van der Waals surface area contributed by atoms with Gasteiger partial charge in [0.05, 0.1) is 5.69 Å². The van der Waals surface area contributed by atoms with Crippen LogP contribution >= 0.6 is 0 Å². The average Bonchev–Trinajstić information content (AvgIpc) is 2.57. The molecule has 1 atom stereocenters. The molecule has 2 heterocycles. The van der Waals surface area contributed by atoms with Gasteiger partial charge in [-0.25, -0.2) is 9.78 Å². The lowest BCUT2D eigenvalue weighted by atomic mass is 10.2. The van der Waals surface area contributed by atoms with E-state index in [1.807, 2.05) is 19.1 Å². The van der Waals surface area contributed by atoms with Crippen LogP contribution in [0.25, 0.3) is 11.0 Å². The zero-order chi connectivity index (χ0) is 17.8. The molecule has 3 rings (SSSR count). The van der Waals surface area contributed by atoms with Crippen LogP contribution in [0.4, 0.5) is 0 Å². The number of hydrogen-bond donors (Lipinski definition) is 2. The molecular weight excluding hydrogens is 322 g/mol. The average molecular weight is 341 g/mol. The zero-order valence-electron chi connectivity index (χ0n) is 14.0. The molecule has 0 spiro atoms. The minimum atomic E-state index is -0.389. The number of aryl methyl sites for hydroxylation is 1. The summed E-state index contributed by atoms with van der Waals surface area (Å²) in [7, 11) is 0. The highest BCUT2D eigenvalue weighted by Crippen LogP contribution is 2.19. The molecule has 7 heteroatoms. The molecule has 0 bridgehead atoms. The second-order valence-corrected chi connectivity index (χ2v) is 5.87. The maximum absolute atomic E-state index is 11.4. The molecule has 0 aliphatic carbocycles. The largest absolute Gasteiger partial charge is 0.492 e. The molecule has 1 aromatic carbocycles. The van der Waals surface area contributed by atoms with Crippen LogP contribution < -0.4 is 21.2 Å². The van der Waals surface area contributed by atoms with Gasteiger partial charge in [-0.05, 0) is 32.0 Å². The van der Waals surface area contributed by atoms with Crippen molar-refractivity contribution < 1.29 is 9.15 Å². The van der Waals surface area contributed by atoms with Crippen LogP contribution in [0, 0.1) is 6.92 Å². The predicted molar refractivity (Wildman–Crippen MR) is 93.9 cm³/mol. The number of fused-ring (bicyclic) bond motifs is 1. The smallest absolute Gasteiger partial charge is 0.336 e. The Labute approximate surface area is 143 Å². The van der Waals surface area contributed by atoms with E-state index < -0.39 is 0 Å². The second kappa shape index (κ2) is 7.31. The van der Waals surface area contributed by atoms with Crippen LogP contribution in [-0.2, 0) is 6.54 Å². The van der Waals surface area contributed by atoms with Gasteiger partial charge in [-0.2, -0.15) is 0 Å². The molecule has 1 unspecified atom stereocenters. The van der Waals surface area contributed by atoms with Crippen LogP contribution in [0.5, 0.6) is 5.75 Å². The minimum absolute atomic E-state index is 0.0415.